The first-order valence-electron chi connectivity index (χ1n) is 2.44. The predicted octanol–water partition coefficient (Wildman–Crippen LogP) is -1.10. The summed E-state index contributed by atoms with van der Waals surface area (Å²) < 4.78 is 44.1. The van der Waals surface area contributed by atoms with Crippen molar-refractivity contribution in [3.05, 3.63) is 0 Å². The molecule has 0 fully saturated rings. The van der Waals surface area contributed by atoms with E-state index in [9.17, 15) is 16.8 Å². The molecule has 0 amide bonds. The molecule has 0 saturated heterocycles. The van der Waals surface area contributed by atoms with Gasteiger partial charge in [-0.2, -0.15) is 0 Å². The molecular formula is C3H8NO4S2. The fraction of sp³-hybridized carbons (Fsp3) is 1.00. The minimum atomic E-state index is -3.76. The molecule has 0 aromatic rings. The standard InChI is InChI=1S/C3H8NO4S2/c1-3-10(7,8)4-9(2,5)6/h3H2,1-2H3. The zero-order valence-corrected chi connectivity index (χ0v) is 7.24. The summed E-state index contributed by atoms with van der Waals surface area (Å²) in [4.78, 5) is 0. The van der Waals surface area contributed by atoms with Crippen LogP contribution in [0, 0.1) is 0 Å². The summed E-state index contributed by atoms with van der Waals surface area (Å²) in [5.41, 5.74) is 0. The van der Waals surface area contributed by atoms with Crippen LogP contribution in [0.1, 0.15) is 6.92 Å². The summed E-state index contributed by atoms with van der Waals surface area (Å²) in [6.07, 6.45) is 0.736. The number of hydrogen-bond acceptors (Lipinski definition) is 4. The Balaban J connectivity index is 4.49. The third-order valence-corrected chi connectivity index (χ3v) is 3.34. The van der Waals surface area contributed by atoms with Crippen LogP contribution in [0.2, 0.25) is 0 Å². The van der Waals surface area contributed by atoms with E-state index in [0.717, 1.165) is 6.26 Å². The van der Waals surface area contributed by atoms with Crippen molar-refractivity contribution in [2.75, 3.05) is 12.0 Å². The van der Waals surface area contributed by atoms with E-state index in [-0.39, 0.29) is 5.75 Å². The van der Waals surface area contributed by atoms with Crippen LogP contribution in [0.4, 0.5) is 0 Å². The van der Waals surface area contributed by atoms with Gasteiger partial charge in [-0.3, -0.25) is 0 Å². The Morgan fingerprint density at radius 3 is 1.70 bits per heavy atom. The average molecular weight is 186 g/mol. The van der Waals surface area contributed by atoms with Gasteiger partial charge in [-0.1, -0.05) is 0 Å². The highest BCUT2D eigenvalue weighted by Gasteiger charge is 2.15. The van der Waals surface area contributed by atoms with Crippen LogP contribution >= 0.6 is 0 Å². The second-order valence-electron chi connectivity index (χ2n) is 1.68. The first kappa shape index (κ1) is 9.86. The molecule has 1 radical (unpaired) electrons. The lowest BCUT2D eigenvalue weighted by Crippen LogP contribution is -2.23. The van der Waals surface area contributed by atoms with Crippen molar-refractivity contribution in [2.45, 2.75) is 6.92 Å². The molecule has 0 heterocycles. The first-order chi connectivity index (χ1) is 4.27. The molecule has 0 aliphatic carbocycles. The molecule has 0 aromatic heterocycles. The molecule has 0 unspecified atom stereocenters. The van der Waals surface area contributed by atoms with Gasteiger partial charge < -0.3 is 0 Å². The highest BCUT2D eigenvalue weighted by molar-refractivity contribution is 8.04. The van der Waals surface area contributed by atoms with Crippen molar-refractivity contribution in [2.24, 2.45) is 0 Å². The van der Waals surface area contributed by atoms with Crippen LogP contribution < -0.4 is 4.13 Å². The van der Waals surface area contributed by atoms with E-state index in [1.165, 1.54) is 6.92 Å². The van der Waals surface area contributed by atoms with E-state index in [1.807, 2.05) is 0 Å². The van der Waals surface area contributed by atoms with Crippen LogP contribution in [0.5, 0.6) is 0 Å². The normalized spacial score (nSPS) is 13.4. The van der Waals surface area contributed by atoms with Crippen molar-refractivity contribution in [3.63, 3.8) is 0 Å². The zero-order chi connectivity index (χ0) is 8.41. The molecule has 7 heteroatoms. The van der Waals surface area contributed by atoms with Gasteiger partial charge in [-0.25, -0.2) is 16.8 Å². The molecule has 5 nitrogen and oxygen atoms in total. The van der Waals surface area contributed by atoms with E-state index in [2.05, 4.69) is 4.13 Å². The van der Waals surface area contributed by atoms with Gasteiger partial charge in [0.05, 0.1) is 12.0 Å². The highest BCUT2D eigenvalue weighted by atomic mass is 32.3. The maximum Gasteiger partial charge on any atom is 0.242 e. The molecule has 10 heavy (non-hydrogen) atoms. The quantitative estimate of drug-likeness (QED) is 0.560. The lowest BCUT2D eigenvalue weighted by Gasteiger charge is -1.95. The Bertz CT molecular complexity index is 286. The van der Waals surface area contributed by atoms with Crippen molar-refractivity contribution in [1.29, 1.82) is 0 Å². The van der Waals surface area contributed by atoms with E-state index in [4.69, 9.17) is 0 Å². The van der Waals surface area contributed by atoms with Gasteiger partial charge in [-0.05, 0) is 6.92 Å². The number of rotatable bonds is 3. The Labute approximate surface area is 60.5 Å². The maximum atomic E-state index is 10.5. The van der Waals surface area contributed by atoms with E-state index >= 15 is 0 Å². The first-order valence-corrected chi connectivity index (χ1v) is 5.89. The molecule has 0 aromatic carbocycles. The van der Waals surface area contributed by atoms with Crippen LogP contribution in [0.25, 0.3) is 0 Å². The van der Waals surface area contributed by atoms with Gasteiger partial charge in [-0.15, -0.1) is 0 Å². The molecular weight excluding hydrogens is 178 g/mol. The minimum absolute atomic E-state index is 0.292. The average Bonchev–Trinajstić information content (AvgIpc) is 1.60. The predicted molar refractivity (Wildman–Crippen MR) is 36.4 cm³/mol. The fourth-order valence-corrected chi connectivity index (χ4v) is 2.33. The van der Waals surface area contributed by atoms with Crippen LogP contribution in [-0.4, -0.2) is 28.8 Å². The minimum Gasteiger partial charge on any atom is -0.210 e. The number of sulfonamides is 2. The SMILES string of the molecule is CCS(=O)(=O)[N]S(C)(=O)=O. The summed E-state index contributed by atoms with van der Waals surface area (Å²) in [7, 11) is -7.50. The van der Waals surface area contributed by atoms with Gasteiger partial charge >= 0.3 is 0 Å². The molecule has 0 atom stereocenters. The lowest BCUT2D eigenvalue weighted by atomic mass is 11.0. The van der Waals surface area contributed by atoms with Gasteiger partial charge in [0.15, 0.2) is 0 Å². The van der Waals surface area contributed by atoms with Crippen LogP contribution in [0.3, 0.4) is 0 Å². The van der Waals surface area contributed by atoms with Crippen molar-refractivity contribution in [1.82, 2.24) is 4.13 Å². The number of hydrogen-bond donors (Lipinski definition) is 0. The Kier molecular flexibility index (Phi) is 2.81. The van der Waals surface area contributed by atoms with Gasteiger partial charge in [0.25, 0.3) is 0 Å². The molecule has 0 rings (SSSR count). The lowest BCUT2D eigenvalue weighted by molar-refractivity contribution is 0.580. The van der Waals surface area contributed by atoms with Gasteiger partial charge in [0.2, 0.25) is 20.0 Å². The molecule has 0 aliphatic rings. The number of nitrogens with zero attached hydrogens (tertiary/aromatic N) is 1. The van der Waals surface area contributed by atoms with Crippen LogP contribution in [-0.2, 0) is 20.0 Å². The molecule has 0 spiro atoms. The van der Waals surface area contributed by atoms with Crippen LogP contribution in [0.15, 0.2) is 0 Å². The highest BCUT2D eigenvalue weighted by Crippen LogP contribution is 1.88. The third kappa shape index (κ3) is 4.71. The van der Waals surface area contributed by atoms with Crippen molar-refractivity contribution >= 4 is 20.0 Å². The Morgan fingerprint density at radius 1 is 1.20 bits per heavy atom. The largest absolute Gasteiger partial charge is 0.242 e. The van der Waals surface area contributed by atoms with E-state index < -0.39 is 20.0 Å². The summed E-state index contributed by atoms with van der Waals surface area (Å²) in [6.45, 7) is 1.32. The summed E-state index contributed by atoms with van der Waals surface area (Å²) in [5.74, 6) is -0.292. The molecule has 61 valence electrons. The van der Waals surface area contributed by atoms with Gasteiger partial charge in [0, 0.05) is 4.13 Å². The molecule has 0 saturated carbocycles. The second-order valence-corrected chi connectivity index (χ2v) is 5.48. The van der Waals surface area contributed by atoms with E-state index in [1.54, 1.807) is 0 Å². The summed E-state index contributed by atoms with van der Waals surface area (Å²) in [5, 5.41) is 0. The second kappa shape index (κ2) is 2.85. The smallest absolute Gasteiger partial charge is 0.210 e. The van der Waals surface area contributed by atoms with Gasteiger partial charge in [0.1, 0.15) is 0 Å². The molecule has 0 bridgehead atoms. The third-order valence-electron chi connectivity index (χ3n) is 0.614. The topological polar surface area (TPSA) is 82.4 Å². The summed E-state index contributed by atoms with van der Waals surface area (Å²) >= 11 is 0. The monoisotopic (exact) mass is 186 g/mol. The summed E-state index contributed by atoms with van der Waals surface area (Å²) in [6, 6.07) is 0. The Morgan fingerprint density at radius 2 is 1.60 bits per heavy atom. The van der Waals surface area contributed by atoms with Crippen molar-refractivity contribution < 1.29 is 16.8 Å². The Hall–Kier alpha value is -0.140. The maximum absolute atomic E-state index is 10.5. The fourth-order valence-electron chi connectivity index (χ4n) is 0.259. The van der Waals surface area contributed by atoms with Crippen molar-refractivity contribution in [3.8, 4) is 0 Å². The molecule has 0 aliphatic heterocycles. The zero-order valence-electron chi connectivity index (χ0n) is 5.60. The molecule has 0 N–H and O–H groups in total. The van der Waals surface area contributed by atoms with E-state index in [0.29, 0.717) is 0 Å².